The van der Waals surface area contributed by atoms with E-state index in [1.165, 1.54) is 24.0 Å². The van der Waals surface area contributed by atoms with Gasteiger partial charge in [0.15, 0.2) is 0 Å². The van der Waals surface area contributed by atoms with Crippen molar-refractivity contribution in [2.24, 2.45) is 11.7 Å². The third-order valence-electron chi connectivity index (χ3n) is 3.43. The van der Waals surface area contributed by atoms with E-state index in [2.05, 4.69) is 39.0 Å². The molecule has 1 saturated carbocycles. The number of rotatable bonds is 5. The quantitative estimate of drug-likeness (QED) is 0.847. The van der Waals surface area contributed by atoms with Crippen LogP contribution in [0.3, 0.4) is 0 Å². The van der Waals surface area contributed by atoms with E-state index in [0.29, 0.717) is 5.92 Å². The van der Waals surface area contributed by atoms with Crippen LogP contribution < -0.4 is 10.5 Å². The van der Waals surface area contributed by atoms with E-state index in [4.69, 9.17) is 10.5 Å². The molecule has 1 aliphatic carbocycles. The highest BCUT2D eigenvalue weighted by Crippen LogP contribution is 2.42. The fourth-order valence-electron chi connectivity index (χ4n) is 2.39. The smallest absolute Gasteiger partial charge is 0.122 e. The second-order valence-corrected chi connectivity index (χ2v) is 5.37. The lowest BCUT2D eigenvalue weighted by molar-refractivity contribution is 0.240. The van der Waals surface area contributed by atoms with Gasteiger partial charge in [0.2, 0.25) is 0 Å². The lowest BCUT2D eigenvalue weighted by atomic mass is 9.93. The maximum absolute atomic E-state index is 5.88. The zero-order valence-electron chi connectivity index (χ0n) is 11.1. The van der Waals surface area contributed by atoms with Crippen molar-refractivity contribution in [3.8, 4) is 5.75 Å². The van der Waals surface area contributed by atoms with Crippen LogP contribution in [0, 0.1) is 12.8 Å². The van der Waals surface area contributed by atoms with Crippen LogP contribution in [0.1, 0.15) is 43.7 Å². The van der Waals surface area contributed by atoms with Gasteiger partial charge in [-0.3, -0.25) is 0 Å². The van der Waals surface area contributed by atoms with E-state index >= 15 is 0 Å². The Labute approximate surface area is 104 Å². The molecule has 1 fully saturated rings. The van der Waals surface area contributed by atoms with E-state index in [-0.39, 0.29) is 6.10 Å². The Balaban J connectivity index is 2.17. The van der Waals surface area contributed by atoms with E-state index in [1.807, 2.05) is 0 Å². The Hall–Kier alpha value is -1.02. The molecule has 0 aliphatic heterocycles. The highest BCUT2D eigenvalue weighted by molar-refractivity contribution is 5.38. The molecule has 0 spiro atoms. The van der Waals surface area contributed by atoms with Crippen molar-refractivity contribution in [3.63, 3.8) is 0 Å². The summed E-state index contributed by atoms with van der Waals surface area (Å²) in [5, 5.41) is 0. The van der Waals surface area contributed by atoms with E-state index < -0.39 is 0 Å². The summed E-state index contributed by atoms with van der Waals surface area (Å²) in [6.45, 7) is 6.98. The van der Waals surface area contributed by atoms with Crippen LogP contribution in [0.5, 0.6) is 5.75 Å². The molecule has 2 N–H and O–H groups in total. The molecule has 2 rings (SSSR count). The topological polar surface area (TPSA) is 35.2 Å². The van der Waals surface area contributed by atoms with Crippen molar-refractivity contribution in [1.29, 1.82) is 0 Å². The first-order chi connectivity index (χ1) is 8.11. The third-order valence-corrected chi connectivity index (χ3v) is 3.43. The van der Waals surface area contributed by atoms with Crippen molar-refractivity contribution in [1.82, 2.24) is 0 Å². The van der Waals surface area contributed by atoms with Crippen LogP contribution in [-0.2, 0) is 0 Å². The predicted octanol–water partition coefficient (Wildman–Crippen LogP) is 3.23. The number of hydrogen-bond donors (Lipinski definition) is 1. The lowest BCUT2D eigenvalue weighted by Crippen LogP contribution is -2.15. The van der Waals surface area contributed by atoms with Gasteiger partial charge in [0.05, 0.1) is 6.10 Å². The Morgan fingerprint density at radius 3 is 2.53 bits per heavy atom. The molecule has 0 amide bonds. The summed E-state index contributed by atoms with van der Waals surface area (Å²) in [5.74, 6) is 2.35. The minimum absolute atomic E-state index is 0.230. The van der Waals surface area contributed by atoms with Crippen molar-refractivity contribution in [3.05, 3.63) is 29.3 Å². The first-order valence-electron chi connectivity index (χ1n) is 6.59. The van der Waals surface area contributed by atoms with Gasteiger partial charge in [-0.2, -0.15) is 0 Å². The first kappa shape index (κ1) is 12.4. The first-order valence-corrected chi connectivity index (χ1v) is 6.59. The zero-order chi connectivity index (χ0) is 12.4. The summed E-state index contributed by atoms with van der Waals surface area (Å²) in [5.41, 5.74) is 8.48. The molecular formula is C15H23NO. The number of ether oxygens (including phenoxy) is 1. The minimum atomic E-state index is 0.230. The molecule has 0 bridgehead atoms. The van der Waals surface area contributed by atoms with Gasteiger partial charge in [-0.05, 0) is 69.2 Å². The second-order valence-electron chi connectivity index (χ2n) is 5.37. The summed E-state index contributed by atoms with van der Waals surface area (Å²) in [7, 11) is 0. The highest BCUT2D eigenvalue weighted by atomic mass is 16.5. The summed E-state index contributed by atoms with van der Waals surface area (Å²) >= 11 is 0. The van der Waals surface area contributed by atoms with Gasteiger partial charge in [0.1, 0.15) is 5.75 Å². The molecule has 1 aliphatic rings. The largest absolute Gasteiger partial charge is 0.491 e. The molecule has 2 heteroatoms. The summed E-state index contributed by atoms with van der Waals surface area (Å²) in [4.78, 5) is 0. The molecule has 1 aromatic carbocycles. The molecule has 1 aromatic rings. The Bertz CT molecular complexity index is 383. The second kappa shape index (κ2) is 5.09. The van der Waals surface area contributed by atoms with E-state index in [1.54, 1.807) is 0 Å². The fourth-order valence-corrected chi connectivity index (χ4v) is 2.39. The van der Waals surface area contributed by atoms with Crippen LogP contribution >= 0.6 is 0 Å². The minimum Gasteiger partial charge on any atom is -0.491 e. The van der Waals surface area contributed by atoms with Crippen LogP contribution in [0.15, 0.2) is 18.2 Å². The van der Waals surface area contributed by atoms with Gasteiger partial charge >= 0.3 is 0 Å². The zero-order valence-corrected chi connectivity index (χ0v) is 11.1. The average Bonchev–Trinajstić information content (AvgIpc) is 3.07. The Morgan fingerprint density at radius 1 is 1.35 bits per heavy atom. The average molecular weight is 233 g/mol. The van der Waals surface area contributed by atoms with Crippen molar-refractivity contribution in [2.75, 3.05) is 6.54 Å². The molecule has 1 atom stereocenters. The van der Waals surface area contributed by atoms with Gasteiger partial charge in [-0.15, -0.1) is 0 Å². The van der Waals surface area contributed by atoms with Crippen LogP contribution in [-0.4, -0.2) is 12.6 Å². The summed E-state index contributed by atoms with van der Waals surface area (Å²) in [6, 6.07) is 6.52. The normalized spacial score (nSPS) is 17.2. The molecular weight excluding hydrogens is 210 g/mol. The maximum atomic E-state index is 5.88. The standard InChI is InChI=1S/C15H23NO/c1-10(2)17-15-7-6-13(8-11(15)3)14(9-16)12-4-5-12/h6-8,10,12,14H,4-5,9,16H2,1-3H3. The monoisotopic (exact) mass is 233 g/mol. The third kappa shape index (κ3) is 3.01. The van der Waals surface area contributed by atoms with Gasteiger partial charge in [0, 0.05) is 0 Å². The van der Waals surface area contributed by atoms with Crippen molar-refractivity contribution < 1.29 is 4.74 Å². The van der Waals surface area contributed by atoms with Gasteiger partial charge in [0.25, 0.3) is 0 Å². The molecule has 0 heterocycles. The molecule has 94 valence electrons. The van der Waals surface area contributed by atoms with E-state index in [9.17, 15) is 0 Å². The number of nitrogens with two attached hydrogens (primary N) is 1. The van der Waals surface area contributed by atoms with Gasteiger partial charge in [-0.25, -0.2) is 0 Å². The van der Waals surface area contributed by atoms with Gasteiger partial charge < -0.3 is 10.5 Å². The van der Waals surface area contributed by atoms with Crippen molar-refractivity contribution in [2.45, 2.75) is 45.6 Å². The molecule has 2 nitrogen and oxygen atoms in total. The lowest BCUT2D eigenvalue weighted by Gasteiger charge is -2.18. The molecule has 0 radical (unpaired) electrons. The number of hydrogen-bond acceptors (Lipinski definition) is 2. The number of aryl methyl sites for hydroxylation is 1. The summed E-state index contributed by atoms with van der Waals surface area (Å²) in [6.07, 6.45) is 2.91. The summed E-state index contributed by atoms with van der Waals surface area (Å²) < 4.78 is 5.76. The Morgan fingerprint density at radius 2 is 2.06 bits per heavy atom. The predicted molar refractivity (Wildman–Crippen MR) is 71.5 cm³/mol. The Kier molecular flexibility index (Phi) is 3.72. The maximum Gasteiger partial charge on any atom is 0.122 e. The molecule has 17 heavy (non-hydrogen) atoms. The molecule has 0 aromatic heterocycles. The van der Waals surface area contributed by atoms with Crippen LogP contribution in [0.25, 0.3) is 0 Å². The van der Waals surface area contributed by atoms with Crippen LogP contribution in [0.4, 0.5) is 0 Å². The number of benzene rings is 1. The SMILES string of the molecule is Cc1cc(C(CN)C2CC2)ccc1OC(C)C. The molecule has 1 unspecified atom stereocenters. The van der Waals surface area contributed by atoms with Gasteiger partial charge in [-0.1, -0.05) is 12.1 Å². The molecule has 0 saturated heterocycles. The van der Waals surface area contributed by atoms with E-state index in [0.717, 1.165) is 18.2 Å². The fraction of sp³-hybridized carbons (Fsp3) is 0.600. The highest BCUT2D eigenvalue weighted by Gasteiger charge is 2.31. The van der Waals surface area contributed by atoms with Crippen LogP contribution in [0.2, 0.25) is 0 Å². The van der Waals surface area contributed by atoms with Crippen molar-refractivity contribution >= 4 is 0 Å².